The summed E-state index contributed by atoms with van der Waals surface area (Å²) in [6.07, 6.45) is 2.19. The number of amides is 2. The molecule has 3 rings (SSSR count). The predicted octanol–water partition coefficient (Wildman–Crippen LogP) is 1.77. The van der Waals surface area contributed by atoms with E-state index in [2.05, 4.69) is 6.07 Å². The molecule has 0 N–H and O–H groups in total. The largest absolute Gasteiger partial charge is 0.333 e. The van der Waals surface area contributed by atoms with E-state index in [-0.39, 0.29) is 18.4 Å². The second-order valence-corrected chi connectivity index (χ2v) is 6.89. The molecule has 0 radical (unpaired) electrons. The van der Waals surface area contributed by atoms with Gasteiger partial charge in [-0.1, -0.05) is 6.07 Å². The molecule has 19 heavy (non-hydrogen) atoms. The highest BCUT2D eigenvalue weighted by Crippen LogP contribution is 2.29. The summed E-state index contributed by atoms with van der Waals surface area (Å²) in [6, 6.07) is 4.46. The van der Waals surface area contributed by atoms with E-state index in [9.17, 15) is 9.59 Å². The van der Waals surface area contributed by atoms with Crippen LogP contribution in [0.1, 0.15) is 17.7 Å². The highest BCUT2D eigenvalue weighted by molar-refractivity contribution is 8.00. The molecule has 6 heteroatoms. The van der Waals surface area contributed by atoms with Gasteiger partial charge < -0.3 is 9.80 Å². The Balaban J connectivity index is 1.63. The van der Waals surface area contributed by atoms with Gasteiger partial charge in [-0.2, -0.15) is 0 Å². The van der Waals surface area contributed by atoms with E-state index < -0.39 is 0 Å². The number of nitrogens with zero attached hydrogens (tertiary/aromatic N) is 2. The molecule has 0 spiro atoms. The number of rotatable bonds is 5. The van der Waals surface area contributed by atoms with Gasteiger partial charge in [-0.25, -0.2) is 0 Å². The second-order valence-electron chi connectivity index (χ2n) is 4.90. The van der Waals surface area contributed by atoms with E-state index in [1.165, 1.54) is 4.88 Å². The molecular formula is C13H16N2O2S2. The van der Waals surface area contributed by atoms with Crippen LogP contribution in [0.2, 0.25) is 0 Å². The zero-order chi connectivity index (χ0) is 13.2. The zero-order valence-corrected chi connectivity index (χ0v) is 12.2. The second kappa shape index (κ2) is 5.54. The van der Waals surface area contributed by atoms with E-state index in [1.54, 1.807) is 28.0 Å². The SMILES string of the molecule is O=C1CSCN1CC(=O)N(Cc1cccs1)C1CC1. The molecule has 1 saturated heterocycles. The first-order valence-corrected chi connectivity index (χ1v) is 8.45. The molecule has 0 bridgehead atoms. The molecular weight excluding hydrogens is 280 g/mol. The van der Waals surface area contributed by atoms with Crippen LogP contribution in [0.3, 0.4) is 0 Å². The highest BCUT2D eigenvalue weighted by Gasteiger charge is 2.34. The van der Waals surface area contributed by atoms with Gasteiger partial charge in [0.25, 0.3) is 0 Å². The summed E-state index contributed by atoms with van der Waals surface area (Å²) in [6.45, 7) is 0.935. The fraction of sp³-hybridized carbons (Fsp3) is 0.538. The summed E-state index contributed by atoms with van der Waals surface area (Å²) < 4.78 is 0. The van der Waals surface area contributed by atoms with Crippen LogP contribution in [0.15, 0.2) is 17.5 Å². The molecule has 2 fully saturated rings. The lowest BCUT2D eigenvalue weighted by Gasteiger charge is -2.24. The normalized spacial score (nSPS) is 18.9. The van der Waals surface area contributed by atoms with E-state index >= 15 is 0 Å². The Kier molecular flexibility index (Phi) is 3.79. The molecule has 1 aromatic rings. The third-order valence-corrected chi connectivity index (χ3v) is 5.17. The molecule has 0 atom stereocenters. The third kappa shape index (κ3) is 3.12. The van der Waals surface area contributed by atoms with E-state index in [0.717, 1.165) is 12.8 Å². The van der Waals surface area contributed by atoms with Crippen molar-refractivity contribution in [3.8, 4) is 0 Å². The summed E-state index contributed by atoms with van der Waals surface area (Å²) in [5.41, 5.74) is 0. The molecule has 1 saturated carbocycles. The van der Waals surface area contributed by atoms with Crippen LogP contribution < -0.4 is 0 Å². The van der Waals surface area contributed by atoms with Gasteiger partial charge in [0.2, 0.25) is 11.8 Å². The average molecular weight is 296 g/mol. The summed E-state index contributed by atoms with van der Waals surface area (Å²) in [5.74, 6) is 1.35. The Morgan fingerprint density at radius 3 is 2.89 bits per heavy atom. The molecule has 0 unspecified atom stereocenters. The summed E-state index contributed by atoms with van der Waals surface area (Å²) >= 11 is 3.26. The molecule has 2 aliphatic rings. The van der Waals surface area contributed by atoms with Crippen LogP contribution >= 0.6 is 23.1 Å². The first-order valence-electron chi connectivity index (χ1n) is 6.41. The predicted molar refractivity (Wildman–Crippen MR) is 76.9 cm³/mol. The smallest absolute Gasteiger partial charge is 0.242 e. The van der Waals surface area contributed by atoms with Crippen LogP contribution in [0.25, 0.3) is 0 Å². The number of carbonyl (C=O) groups excluding carboxylic acids is 2. The molecule has 1 aliphatic heterocycles. The van der Waals surface area contributed by atoms with Gasteiger partial charge >= 0.3 is 0 Å². The maximum Gasteiger partial charge on any atom is 0.242 e. The molecule has 1 aromatic heterocycles. The number of carbonyl (C=O) groups is 2. The van der Waals surface area contributed by atoms with Crippen LogP contribution in [-0.4, -0.2) is 45.8 Å². The van der Waals surface area contributed by atoms with Crippen molar-refractivity contribution in [2.75, 3.05) is 18.2 Å². The Bertz CT molecular complexity index is 471. The zero-order valence-electron chi connectivity index (χ0n) is 10.6. The van der Waals surface area contributed by atoms with Crippen molar-refractivity contribution in [2.45, 2.75) is 25.4 Å². The molecule has 1 aliphatic carbocycles. The maximum atomic E-state index is 12.4. The molecule has 4 nitrogen and oxygen atoms in total. The molecule has 0 aromatic carbocycles. The first-order chi connectivity index (χ1) is 9.24. The minimum absolute atomic E-state index is 0.0882. The van der Waals surface area contributed by atoms with Gasteiger partial charge in [0.15, 0.2) is 0 Å². The fourth-order valence-corrected chi connectivity index (χ4v) is 3.78. The number of hydrogen-bond donors (Lipinski definition) is 0. The van der Waals surface area contributed by atoms with Gasteiger partial charge in [-0.3, -0.25) is 9.59 Å². The van der Waals surface area contributed by atoms with Crippen molar-refractivity contribution in [3.63, 3.8) is 0 Å². The monoisotopic (exact) mass is 296 g/mol. The lowest BCUT2D eigenvalue weighted by atomic mass is 10.3. The quantitative estimate of drug-likeness (QED) is 0.831. The lowest BCUT2D eigenvalue weighted by Crippen LogP contribution is -2.41. The Morgan fingerprint density at radius 2 is 2.32 bits per heavy atom. The molecule has 102 valence electrons. The van der Waals surface area contributed by atoms with Crippen molar-refractivity contribution in [1.29, 1.82) is 0 Å². The Hall–Kier alpha value is -1.01. The van der Waals surface area contributed by atoms with Crippen molar-refractivity contribution in [3.05, 3.63) is 22.4 Å². The maximum absolute atomic E-state index is 12.4. The lowest BCUT2D eigenvalue weighted by molar-refractivity contribution is -0.138. The summed E-state index contributed by atoms with van der Waals surface area (Å²) in [4.78, 5) is 28.8. The molecule has 2 heterocycles. The van der Waals surface area contributed by atoms with Crippen LogP contribution in [0, 0.1) is 0 Å². The summed E-state index contributed by atoms with van der Waals surface area (Å²) in [7, 11) is 0. The van der Waals surface area contributed by atoms with Crippen LogP contribution in [0.5, 0.6) is 0 Å². The number of thiophene rings is 1. The minimum Gasteiger partial charge on any atom is -0.333 e. The van der Waals surface area contributed by atoms with Gasteiger partial charge in [-0.15, -0.1) is 23.1 Å². The van der Waals surface area contributed by atoms with Gasteiger partial charge in [0.05, 0.1) is 18.2 Å². The topological polar surface area (TPSA) is 40.6 Å². The van der Waals surface area contributed by atoms with Crippen molar-refractivity contribution < 1.29 is 9.59 Å². The Labute approximate surface area is 120 Å². The van der Waals surface area contributed by atoms with E-state index in [0.29, 0.717) is 24.2 Å². The fourth-order valence-electron chi connectivity index (χ4n) is 2.17. The minimum atomic E-state index is 0.0882. The molecule has 2 amide bonds. The van der Waals surface area contributed by atoms with Crippen molar-refractivity contribution in [1.82, 2.24) is 9.80 Å². The Morgan fingerprint density at radius 1 is 1.47 bits per heavy atom. The van der Waals surface area contributed by atoms with Crippen molar-refractivity contribution >= 4 is 34.9 Å². The van der Waals surface area contributed by atoms with Gasteiger partial charge in [0, 0.05) is 10.9 Å². The number of hydrogen-bond acceptors (Lipinski definition) is 4. The van der Waals surface area contributed by atoms with Gasteiger partial charge in [-0.05, 0) is 24.3 Å². The standard InChI is InChI=1S/C13H16N2O2S2/c16-12(7-14-9-18-8-13(14)17)15(10-3-4-10)6-11-2-1-5-19-11/h1-2,5,10H,3-4,6-9H2. The third-order valence-electron chi connectivity index (χ3n) is 3.37. The highest BCUT2D eigenvalue weighted by atomic mass is 32.2. The number of thioether (sulfide) groups is 1. The van der Waals surface area contributed by atoms with Crippen LogP contribution in [-0.2, 0) is 16.1 Å². The first kappa shape index (κ1) is 13.0. The summed E-state index contributed by atoms with van der Waals surface area (Å²) in [5, 5.41) is 2.03. The van der Waals surface area contributed by atoms with Crippen molar-refractivity contribution in [2.24, 2.45) is 0 Å². The van der Waals surface area contributed by atoms with Gasteiger partial charge in [0.1, 0.15) is 6.54 Å². The van der Waals surface area contributed by atoms with E-state index in [1.807, 2.05) is 16.3 Å². The average Bonchev–Trinajstić information content (AvgIpc) is 2.95. The van der Waals surface area contributed by atoms with Crippen LogP contribution in [0.4, 0.5) is 0 Å². The van der Waals surface area contributed by atoms with E-state index in [4.69, 9.17) is 0 Å².